The van der Waals surface area contributed by atoms with Crippen LogP contribution in [0.1, 0.15) is 22.5 Å². The number of hydrogen-bond donors (Lipinski definition) is 0. The maximum absolute atomic E-state index is 13.3. The Kier molecular flexibility index (Phi) is 4.53. The minimum Gasteiger partial charge on any atom is -0.453 e. The molecule has 0 atom stereocenters. The van der Waals surface area contributed by atoms with E-state index in [0.29, 0.717) is 34.9 Å². The molecule has 0 saturated carbocycles. The van der Waals surface area contributed by atoms with Crippen molar-refractivity contribution in [3.63, 3.8) is 0 Å². The highest BCUT2D eigenvalue weighted by molar-refractivity contribution is 7.92. The van der Waals surface area contributed by atoms with E-state index in [0.717, 1.165) is 18.4 Å². The van der Waals surface area contributed by atoms with E-state index < -0.39 is 10.0 Å². The molecule has 5 nitrogen and oxygen atoms in total. The van der Waals surface area contributed by atoms with Crippen molar-refractivity contribution in [1.82, 2.24) is 0 Å². The molecule has 0 N–H and O–H groups in total. The van der Waals surface area contributed by atoms with Gasteiger partial charge in [0.2, 0.25) is 0 Å². The summed E-state index contributed by atoms with van der Waals surface area (Å²) in [4.78, 5) is 11.0. The van der Waals surface area contributed by atoms with E-state index >= 15 is 0 Å². The van der Waals surface area contributed by atoms with Crippen LogP contribution >= 0.6 is 11.6 Å². The van der Waals surface area contributed by atoms with E-state index in [1.165, 1.54) is 28.6 Å². The molecule has 0 saturated heterocycles. The van der Waals surface area contributed by atoms with Crippen molar-refractivity contribution in [3.8, 4) is 11.3 Å². The molecule has 4 rings (SSSR count). The van der Waals surface area contributed by atoms with Crippen molar-refractivity contribution in [2.75, 3.05) is 10.8 Å². The Hall–Kier alpha value is -2.57. The highest BCUT2D eigenvalue weighted by atomic mass is 35.5. The Morgan fingerprint density at radius 1 is 1.07 bits per heavy atom. The van der Waals surface area contributed by atoms with Gasteiger partial charge in [0.25, 0.3) is 10.0 Å². The SMILES string of the molecule is O=Cc1ccc(-c2cc(S(=O)(=O)N3CCCc4ccccc43)ccc2Cl)o1. The lowest BCUT2D eigenvalue weighted by Crippen LogP contribution is -2.35. The summed E-state index contributed by atoms with van der Waals surface area (Å²) in [7, 11) is -3.76. The third-order valence-corrected chi connectivity index (χ3v) is 6.74. The number of anilines is 1. The van der Waals surface area contributed by atoms with Crippen LogP contribution < -0.4 is 4.31 Å². The number of hydrogen-bond acceptors (Lipinski definition) is 4. The first-order chi connectivity index (χ1) is 13.0. The minimum atomic E-state index is -3.76. The number of fused-ring (bicyclic) bond motifs is 1. The average Bonchev–Trinajstić information content (AvgIpc) is 3.16. The zero-order chi connectivity index (χ0) is 19.0. The zero-order valence-electron chi connectivity index (χ0n) is 14.3. The monoisotopic (exact) mass is 401 g/mol. The van der Waals surface area contributed by atoms with E-state index in [9.17, 15) is 13.2 Å². The summed E-state index contributed by atoms with van der Waals surface area (Å²) < 4.78 is 33.5. The van der Waals surface area contributed by atoms with E-state index in [-0.39, 0.29) is 10.7 Å². The normalized spacial score (nSPS) is 14.0. The fourth-order valence-electron chi connectivity index (χ4n) is 3.29. The third kappa shape index (κ3) is 3.15. The third-order valence-electron chi connectivity index (χ3n) is 4.60. The molecule has 3 aromatic rings. The van der Waals surface area contributed by atoms with E-state index in [1.807, 2.05) is 24.3 Å². The number of benzene rings is 2. The number of nitrogens with zero attached hydrogens (tertiary/aromatic N) is 1. The summed E-state index contributed by atoms with van der Waals surface area (Å²) in [5.41, 5.74) is 2.15. The molecule has 1 aliphatic heterocycles. The molecule has 2 aromatic carbocycles. The Balaban J connectivity index is 1.79. The largest absolute Gasteiger partial charge is 0.453 e. The van der Waals surface area contributed by atoms with Gasteiger partial charge in [0, 0.05) is 12.1 Å². The molecule has 7 heteroatoms. The molecule has 27 heavy (non-hydrogen) atoms. The molecular weight excluding hydrogens is 386 g/mol. The quantitative estimate of drug-likeness (QED) is 0.601. The number of rotatable bonds is 4. The summed E-state index contributed by atoms with van der Waals surface area (Å²) in [6.45, 7) is 0.424. The van der Waals surface area contributed by atoms with Crippen LogP contribution in [-0.4, -0.2) is 21.2 Å². The fraction of sp³-hybridized carbons (Fsp3) is 0.150. The number of sulfonamides is 1. The van der Waals surface area contributed by atoms with Gasteiger partial charge in [-0.25, -0.2) is 8.42 Å². The van der Waals surface area contributed by atoms with Crippen molar-refractivity contribution in [2.24, 2.45) is 0 Å². The lowest BCUT2D eigenvalue weighted by Gasteiger charge is -2.30. The molecule has 0 amide bonds. The highest BCUT2D eigenvalue weighted by Crippen LogP contribution is 2.35. The average molecular weight is 402 g/mol. The van der Waals surface area contributed by atoms with Gasteiger partial charge in [0.15, 0.2) is 12.0 Å². The number of carbonyl (C=O) groups is 1. The van der Waals surface area contributed by atoms with Gasteiger partial charge < -0.3 is 4.42 Å². The smallest absolute Gasteiger partial charge is 0.264 e. The van der Waals surface area contributed by atoms with Crippen LogP contribution in [0.15, 0.2) is 63.9 Å². The second-order valence-electron chi connectivity index (χ2n) is 6.27. The Morgan fingerprint density at radius 2 is 1.89 bits per heavy atom. The van der Waals surface area contributed by atoms with Gasteiger partial charge in [-0.3, -0.25) is 9.10 Å². The summed E-state index contributed by atoms with van der Waals surface area (Å²) in [5, 5.41) is 0.347. The number of furan rings is 1. The van der Waals surface area contributed by atoms with E-state index in [1.54, 1.807) is 6.07 Å². The van der Waals surface area contributed by atoms with Gasteiger partial charge in [-0.05, 0) is 54.8 Å². The van der Waals surface area contributed by atoms with Crippen LogP contribution in [0.5, 0.6) is 0 Å². The lowest BCUT2D eigenvalue weighted by molar-refractivity contribution is 0.110. The van der Waals surface area contributed by atoms with Crippen LogP contribution in [0.3, 0.4) is 0 Å². The van der Waals surface area contributed by atoms with Crippen molar-refractivity contribution >= 4 is 33.6 Å². The maximum atomic E-state index is 13.3. The number of para-hydroxylation sites is 1. The molecule has 1 aliphatic rings. The van der Waals surface area contributed by atoms with Crippen LogP contribution in [0.4, 0.5) is 5.69 Å². The van der Waals surface area contributed by atoms with E-state index in [4.69, 9.17) is 16.0 Å². The predicted molar refractivity (Wildman–Crippen MR) is 104 cm³/mol. The van der Waals surface area contributed by atoms with Crippen molar-refractivity contribution in [2.45, 2.75) is 17.7 Å². The van der Waals surface area contributed by atoms with Crippen molar-refractivity contribution in [1.29, 1.82) is 0 Å². The van der Waals surface area contributed by atoms with Crippen LogP contribution in [0, 0.1) is 0 Å². The molecule has 0 spiro atoms. The fourth-order valence-corrected chi connectivity index (χ4v) is 5.07. The Bertz CT molecular complexity index is 1120. The molecule has 138 valence electrons. The molecule has 0 aliphatic carbocycles. The number of carbonyl (C=O) groups excluding carboxylic acids is 1. The highest BCUT2D eigenvalue weighted by Gasteiger charge is 2.29. The van der Waals surface area contributed by atoms with Gasteiger partial charge in [-0.1, -0.05) is 29.8 Å². The van der Waals surface area contributed by atoms with Gasteiger partial charge in [-0.15, -0.1) is 0 Å². The van der Waals surface area contributed by atoms with E-state index in [2.05, 4.69) is 0 Å². The van der Waals surface area contributed by atoms with Gasteiger partial charge >= 0.3 is 0 Å². The molecule has 0 radical (unpaired) electrons. The molecule has 0 bridgehead atoms. The van der Waals surface area contributed by atoms with Gasteiger partial charge in [0.1, 0.15) is 5.76 Å². The number of aldehydes is 1. The summed E-state index contributed by atoms with van der Waals surface area (Å²) >= 11 is 6.24. The molecule has 2 heterocycles. The number of halogens is 1. The molecule has 0 fully saturated rings. The maximum Gasteiger partial charge on any atom is 0.264 e. The second kappa shape index (κ2) is 6.87. The molecule has 0 unspecified atom stereocenters. The van der Waals surface area contributed by atoms with Gasteiger partial charge in [0.05, 0.1) is 15.6 Å². The Labute approximate surface area is 162 Å². The summed E-state index contributed by atoms with van der Waals surface area (Å²) in [5.74, 6) is 0.498. The summed E-state index contributed by atoms with van der Waals surface area (Å²) in [6, 6.07) is 15.1. The summed E-state index contributed by atoms with van der Waals surface area (Å²) in [6.07, 6.45) is 2.20. The number of aryl methyl sites for hydroxylation is 1. The van der Waals surface area contributed by atoms with Crippen LogP contribution in [-0.2, 0) is 16.4 Å². The Morgan fingerprint density at radius 3 is 2.67 bits per heavy atom. The topological polar surface area (TPSA) is 67.6 Å². The first-order valence-electron chi connectivity index (χ1n) is 8.46. The standard InChI is InChI=1S/C20H16ClNO4S/c21-18-9-8-16(12-17(18)20-10-7-15(13-23)26-20)27(24,25)22-11-3-5-14-4-1-2-6-19(14)22/h1-2,4,6-10,12-13H,3,5,11H2. The lowest BCUT2D eigenvalue weighted by atomic mass is 10.0. The zero-order valence-corrected chi connectivity index (χ0v) is 15.8. The van der Waals surface area contributed by atoms with Gasteiger partial charge in [-0.2, -0.15) is 0 Å². The first kappa shape index (κ1) is 17.8. The second-order valence-corrected chi connectivity index (χ2v) is 8.54. The first-order valence-corrected chi connectivity index (χ1v) is 10.3. The van der Waals surface area contributed by atoms with Crippen molar-refractivity contribution in [3.05, 3.63) is 70.9 Å². The van der Waals surface area contributed by atoms with Crippen molar-refractivity contribution < 1.29 is 17.6 Å². The minimum absolute atomic E-state index is 0.127. The van der Waals surface area contributed by atoms with Crippen LogP contribution in [0.2, 0.25) is 5.02 Å². The molecular formula is C20H16ClNO4S. The predicted octanol–water partition coefficient (Wildman–Crippen LogP) is 4.55. The molecule has 1 aromatic heterocycles. The van der Waals surface area contributed by atoms with Crippen LogP contribution in [0.25, 0.3) is 11.3 Å².